The van der Waals surface area contributed by atoms with Crippen molar-refractivity contribution in [2.45, 2.75) is 12.5 Å². The third kappa shape index (κ3) is 5.51. The SMILES string of the molecule is COC(=O)c1ccc(OC[C@@H]2c3cc(OC)c(OC)cc3CCN2C(=O)/C=C/c2ccccc2)cc1. The number of amides is 1. The Balaban J connectivity index is 1.61. The van der Waals surface area contributed by atoms with E-state index in [1.807, 2.05) is 53.4 Å². The first-order chi connectivity index (χ1) is 17.5. The first-order valence-electron chi connectivity index (χ1n) is 11.6. The Bertz CT molecular complexity index is 1240. The van der Waals surface area contributed by atoms with Crippen LogP contribution >= 0.6 is 0 Å². The number of hydrogen-bond donors (Lipinski definition) is 0. The summed E-state index contributed by atoms with van der Waals surface area (Å²) in [5, 5.41) is 0. The third-order valence-electron chi connectivity index (χ3n) is 6.19. The first kappa shape index (κ1) is 24.9. The van der Waals surface area contributed by atoms with Crippen LogP contribution < -0.4 is 14.2 Å². The van der Waals surface area contributed by atoms with E-state index in [4.69, 9.17) is 18.9 Å². The number of benzene rings is 3. The standard InChI is InChI=1S/C29H29NO6/c1-33-26-17-22-15-16-30(28(31)14-9-20-7-5-4-6-8-20)25(24(22)18-27(26)34-2)19-36-23-12-10-21(11-13-23)29(32)35-3/h4-14,17-18,25H,15-16,19H2,1-3H3/b14-9+/t25-/m1/s1. The fraction of sp³-hybridized carbons (Fsp3) is 0.241. The van der Waals surface area contributed by atoms with Gasteiger partial charge in [0.1, 0.15) is 12.4 Å². The van der Waals surface area contributed by atoms with Gasteiger partial charge in [-0.15, -0.1) is 0 Å². The molecule has 3 aromatic carbocycles. The van der Waals surface area contributed by atoms with Crippen molar-refractivity contribution >= 4 is 18.0 Å². The zero-order chi connectivity index (χ0) is 25.5. The Morgan fingerprint density at radius 1 is 0.944 bits per heavy atom. The summed E-state index contributed by atoms with van der Waals surface area (Å²) in [6, 6.07) is 20.0. The lowest BCUT2D eigenvalue weighted by Crippen LogP contribution is -2.41. The molecule has 0 unspecified atom stereocenters. The molecule has 36 heavy (non-hydrogen) atoms. The van der Waals surface area contributed by atoms with Crippen molar-refractivity contribution in [3.8, 4) is 17.2 Å². The molecule has 1 heterocycles. The van der Waals surface area contributed by atoms with Gasteiger partial charge in [0.25, 0.3) is 0 Å². The molecule has 1 atom stereocenters. The van der Waals surface area contributed by atoms with Crippen LogP contribution in [0.25, 0.3) is 6.08 Å². The molecule has 0 radical (unpaired) electrons. The Labute approximate surface area is 210 Å². The second-order valence-corrected chi connectivity index (χ2v) is 8.27. The highest BCUT2D eigenvalue weighted by Gasteiger charge is 2.32. The number of methoxy groups -OCH3 is 3. The molecular formula is C29H29NO6. The molecule has 0 saturated heterocycles. The predicted molar refractivity (Wildman–Crippen MR) is 136 cm³/mol. The van der Waals surface area contributed by atoms with Gasteiger partial charge in [-0.1, -0.05) is 30.3 Å². The van der Waals surface area contributed by atoms with Gasteiger partial charge >= 0.3 is 5.97 Å². The van der Waals surface area contributed by atoms with Crippen LogP contribution in [0.5, 0.6) is 17.2 Å². The van der Waals surface area contributed by atoms with Gasteiger partial charge in [0.05, 0.1) is 32.9 Å². The van der Waals surface area contributed by atoms with E-state index in [1.54, 1.807) is 44.6 Å². The van der Waals surface area contributed by atoms with E-state index in [0.29, 0.717) is 35.8 Å². The largest absolute Gasteiger partial charge is 0.493 e. The van der Waals surface area contributed by atoms with Crippen LogP contribution in [0.3, 0.4) is 0 Å². The predicted octanol–water partition coefficient (Wildman–Crippen LogP) is 4.71. The minimum Gasteiger partial charge on any atom is -0.493 e. The topological polar surface area (TPSA) is 74.3 Å². The number of carbonyl (C=O) groups is 2. The van der Waals surface area contributed by atoms with E-state index >= 15 is 0 Å². The summed E-state index contributed by atoms with van der Waals surface area (Å²) in [5.74, 6) is 1.32. The van der Waals surface area contributed by atoms with Gasteiger partial charge in [-0.2, -0.15) is 0 Å². The highest BCUT2D eigenvalue weighted by atomic mass is 16.5. The quantitative estimate of drug-likeness (QED) is 0.339. The molecule has 0 fully saturated rings. The van der Waals surface area contributed by atoms with Crippen LogP contribution in [0.4, 0.5) is 0 Å². The lowest BCUT2D eigenvalue weighted by Gasteiger charge is -2.37. The van der Waals surface area contributed by atoms with E-state index in [-0.39, 0.29) is 18.6 Å². The number of hydrogen-bond acceptors (Lipinski definition) is 6. The first-order valence-corrected chi connectivity index (χ1v) is 11.6. The van der Waals surface area contributed by atoms with Crippen LogP contribution in [0.1, 0.15) is 33.1 Å². The number of ether oxygens (including phenoxy) is 4. The summed E-state index contributed by atoms with van der Waals surface area (Å²) in [4.78, 5) is 26.9. The van der Waals surface area contributed by atoms with E-state index in [9.17, 15) is 9.59 Å². The maximum absolute atomic E-state index is 13.3. The van der Waals surface area contributed by atoms with Crippen LogP contribution in [0.15, 0.2) is 72.8 Å². The minimum atomic E-state index is -0.411. The molecule has 1 aliphatic rings. The van der Waals surface area contributed by atoms with Crippen LogP contribution in [-0.4, -0.2) is 51.3 Å². The number of nitrogens with zero attached hydrogens (tertiary/aromatic N) is 1. The monoisotopic (exact) mass is 487 g/mol. The van der Waals surface area contributed by atoms with Gasteiger partial charge in [-0.3, -0.25) is 4.79 Å². The fourth-order valence-electron chi connectivity index (χ4n) is 4.28. The molecule has 0 aromatic heterocycles. The summed E-state index contributed by atoms with van der Waals surface area (Å²) >= 11 is 0. The van der Waals surface area contributed by atoms with E-state index in [2.05, 4.69) is 0 Å². The van der Waals surface area contributed by atoms with Crippen molar-refractivity contribution < 1.29 is 28.5 Å². The molecule has 1 amide bonds. The van der Waals surface area contributed by atoms with Gasteiger partial charge in [0, 0.05) is 12.6 Å². The van der Waals surface area contributed by atoms with Crippen molar-refractivity contribution in [1.29, 1.82) is 0 Å². The number of rotatable bonds is 8. The molecule has 3 aromatic rings. The zero-order valence-electron chi connectivity index (χ0n) is 20.6. The van der Waals surface area contributed by atoms with E-state index in [1.165, 1.54) is 7.11 Å². The Kier molecular flexibility index (Phi) is 7.90. The smallest absolute Gasteiger partial charge is 0.337 e. The van der Waals surface area contributed by atoms with Gasteiger partial charge in [-0.05, 0) is 65.6 Å². The van der Waals surface area contributed by atoms with Gasteiger partial charge in [-0.25, -0.2) is 4.79 Å². The lowest BCUT2D eigenvalue weighted by atomic mass is 9.92. The molecular weight excluding hydrogens is 458 g/mol. The number of carbonyl (C=O) groups excluding carboxylic acids is 2. The van der Waals surface area contributed by atoms with Crippen LogP contribution in [0, 0.1) is 0 Å². The molecule has 1 aliphatic heterocycles. The number of fused-ring (bicyclic) bond motifs is 1. The van der Waals surface area contributed by atoms with Crippen molar-refractivity contribution in [3.63, 3.8) is 0 Å². The lowest BCUT2D eigenvalue weighted by molar-refractivity contribution is -0.129. The maximum atomic E-state index is 13.3. The van der Waals surface area contributed by atoms with E-state index in [0.717, 1.165) is 16.7 Å². The van der Waals surface area contributed by atoms with Crippen LogP contribution in [0.2, 0.25) is 0 Å². The molecule has 7 nitrogen and oxygen atoms in total. The second-order valence-electron chi connectivity index (χ2n) is 8.27. The highest BCUT2D eigenvalue weighted by Crippen LogP contribution is 2.38. The Morgan fingerprint density at radius 3 is 2.31 bits per heavy atom. The highest BCUT2D eigenvalue weighted by molar-refractivity contribution is 5.92. The number of esters is 1. The minimum absolute atomic E-state index is 0.103. The zero-order valence-corrected chi connectivity index (χ0v) is 20.6. The summed E-state index contributed by atoms with van der Waals surface area (Å²) < 4.78 is 21.9. The Morgan fingerprint density at radius 2 is 1.64 bits per heavy atom. The van der Waals surface area contributed by atoms with Gasteiger partial charge in [0.2, 0.25) is 5.91 Å². The maximum Gasteiger partial charge on any atom is 0.337 e. The average molecular weight is 488 g/mol. The third-order valence-corrected chi connectivity index (χ3v) is 6.19. The summed E-state index contributed by atoms with van der Waals surface area (Å²) in [7, 11) is 4.54. The molecule has 0 spiro atoms. The summed E-state index contributed by atoms with van der Waals surface area (Å²) in [6.45, 7) is 0.765. The van der Waals surface area contributed by atoms with E-state index < -0.39 is 5.97 Å². The van der Waals surface area contributed by atoms with Gasteiger partial charge < -0.3 is 23.8 Å². The molecule has 7 heteroatoms. The summed E-state index contributed by atoms with van der Waals surface area (Å²) in [6.07, 6.45) is 4.10. The van der Waals surface area contributed by atoms with Crippen molar-refractivity contribution in [3.05, 3.63) is 95.1 Å². The molecule has 0 saturated carbocycles. The average Bonchev–Trinajstić information content (AvgIpc) is 2.94. The molecule has 0 aliphatic carbocycles. The summed E-state index contributed by atoms with van der Waals surface area (Å²) in [5.41, 5.74) is 3.42. The molecule has 0 N–H and O–H groups in total. The molecule has 0 bridgehead atoms. The second kappa shape index (κ2) is 11.4. The van der Waals surface area contributed by atoms with Crippen molar-refractivity contribution in [2.75, 3.05) is 34.5 Å². The fourth-order valence-corrected chi connectivity index (χ4v) is 4.28. The van der Waals surface area contributed by atoms with Crippen molar-refractivity contribution in [1.82, 2.24) is 4.90 Å². The van der Waals surface area contributed by atoms with Gasteiger partial charge in [0.15, 0.2) is 11.5 Å². The van der Waals surface area contributed by atoms with Crippen molar-refractivity contribution in [2.24, 2.45) is 0 Å². The molecule has 4 rings (SSSR count). The normalized spacial score (nSPS) is 14.8. The Hall–Kier alpha value is -4.26. The van der Waals surface area contributed by atoms with Crippen LogP contribution in [-0.2, 0) is 16.0 Å². The molecule has 186 valence electrons.